The number of hydrogen-bond donors (Lipinski definition) is 3. The zero-order valence-corrected chi connectivity index (χ0v) is 14.1. The minimum atomic E-state index is -0.129. The van der Waals surface area contributed by atoms with Crippen LogP contribution < -0.4 is 15.5 Å². The summed E-state index contributed by atoms with van der Waals surface area (Å²) < 4.78 is 0. The second kappa shape index (κ2) is 6.57. The van der Waals surface area contributed by atoms with Gasteiger partial charge in [-0.2, -0.15) is 0 Å². The van der Waals surface area contributed by atoms with Crippen molar-refractivity contribution in [3.8, 4) is 0 Å². The van der Waals surface area contributed by atoms with Crippen LogP contribution in [0.25, 0.3) is 10.9 Å². The van der Waals surface area contributed by atoms with Crippen LogP contribution in [0.15, 0.2) is 48.0 Å². The number of aromatic amines is 1. The van der Waals surface area contributed by atoms with Crippen molar-refractivity contribution in [3.63, 3.8) is 0 Å². The lowest BCUT2D eigenvalue weighted by molar-refractivity contribution is 0.246. The predicted molar refractivity (Wildman–Crippen MR) is 100 cm³/mol. The summed E-state index contributed by atoms with van der Waals surface area (Å²) in [5.74, 6) is 0. The molecule has 0 aliphatic carbocycles. The van der Waals surface area contributed by atoms with Gasteiger partial charge in [-0.25, -0.2) is 4.79 Å². The fourth-order valence-electron chi connectivity index (χ4n) is 3.17. The lowest BCUT2D eigenvalue weighted by atomic mass is 10.1. The third kappa shape index (κ3) is 3.23. The molecule has 1 aliphatic heterocycles. The summed E-state index contributed by atoms with van der Waals surface area (Å²) in [4.78, 5) is 17.8. The fourth-order valence-corrected chi connectivity index (χ4v) is 3.96. The number of amides is 2. The number of piperidine rings is 1. The highest BCUT2D eigenvalue weighted by Crippen LogP contribution is 2.25. The average Bonchev–Trinajstić information content (AvgIpc) is 3.26. The molecule has 3 N–H and O–H groups in total. The molecule has 2 aromatic heterocycles. The minimum absolute atomic E-state index is 0.129. The molecule has 0 radical (unpaired) electrons. The Kier molecular flexibility index (Phi) is 4.13. The number of anilines is 2. The first kappa shape index (κ1) is 15.1. The predicted octanol–water partition coefficient (Wildman–Crippen LogP) is 4.02. The summed E-state index contributed by atoms with van der Waals surface area (Å²) in [6.07, 6.45) is 3.85. The number of benzene rings is 1. The Labute approximate surface area is 144 Å². The molecule has 0 spiro atoms. The van der Waals surface area contributed by atoms with E-state index in [9.17, 15) is 4.79 Å². The van der Waals surface area contributed by atoms with Crippen molar-refractivity contribution < 1.29 is 4.79 Å². The van der Waals surface area contributed by atoms with Gasteiger partial charge in [0.1, 0.15) is 0 Å². The Morgan fingerprint density at radius 1 is 1.21 bits per heavy atom. The monoisotopic (exact) mass is 340 g/mol. The molecule has 124 valence electrons. The average molecular weight is 340 g/mol. The Morgan fingerprint density at radius 2 is 2.08 bits per heavy atom. The number of fused-ring (bicyclic) bond motifs is 1. The molecular formula is C18H20N4OS. The van der Waals surface area contributed by atoms with E-state index in [4.69, 9.17) is 0 Å². The van der Waals surface area contributed by atoms with E-state index in [1.54, 1.807) is 11.3 Å². The van der Waals surface area contributed by atoms with E-state index < -0.39 is 0 Å². The first-order valence-electron chi connectivity index (χ1n) is 8.21. The van der Waals surface area contributed by atoms with Crippen LogP contribution in [0.5, 0.6) is 0 Å². The topological polar surface area (TPSA) is 60.2 Å². The zero-order valence-electron chi connectivity index (χ0n) is 13.3. The van der Waals surface area contributed by atoms with Crippen LogP contribution in [0.3, 0.4) is 0 Å². The standard InChI is InChI=1S/C18H20N4OS/c23-18(21-15-4-3-13-5-8-19-16(13)12-15)20-14-6-9-22(10-7-14)17-2-1-11-24-17/h1-5,8,11-12,14,19H,6-7,9-10H2,(H2,20,21,23). The summed E-state index contributed by atoms with van der Waals surface area (Å²) in [7, 11) is 0. The molecule has 3 heterocycles. The number of H-pyrrole nitrogens is 1. The summed E-state index contributed by atoms with van der Waals surface area (Å²) in [6, 6.07) is 12.2. The fraction of sp³-hybridized carbons (Fsp3) is 0.278. The molecule has 2 amide bonds. The number of carbonyl (C=O) groups is 1. The van der Waals surface area contributed by atoms with Gasteiger partial charge in [-0.15, -0.1) is 11.3 Å². The third-order valence-corrected chi connectivity index (χ3v) is 5.39. The van der Waals surface area contributed by atoms with Gasteiger partial charge in [0.2, 0.25) is 0 Å². The van der Waals surface area contributed by atoms with E-state index in [0.29, 0.717) is 0 Å². The van der Waals surface area contributed by atoms with Crippen LogP contribution in [0.1, 0.15) is 12.8 Å². The number of aromatic nitrogens is 1. The van der Waals surface area contributed by atoms with E-state index in [-0.39, 0.29) is 12.1 Å². The Morgan fingerprint density at radius 3 is 2.88 bits per heavy atom. The van der Waals surface area contributed by atoms with Crippen molar-refractivity contribution in [2.24, 2.45) is 0 Å². The van der Waals surface area contributed by atoms with Crippen molar-refractivity contribution in [2.75, 3.05) is 23.3 Å². The van der Waals surface area contributed by atoms with Crippen molar-refractivity contribution >= 4 is 39.0 Å². The SMILES string of the molecule is O=C(Nc1ccc2cc[nH]c2c1)NC1CCN(c2cccs2)CC1. The summed E-state index contributed by atoms with van der Waals surface area (Å²) in [5.41, 5.74) is 1.83. The van der Waals surface area contributed by atoms with E-state index in [0.717, 1.165) is 42.5 Å². The molecule has 0 bridgehead atoms. The Balaban J connectivity index is 1.30. The smallest absolute Gasteiger partial charge is 0.319 e. The van der Waals surface area contributed by atoms with Gasteiger partial charge in [0.05, 0.1) is 5.00 Å². The molecule has 6 heteroatoms. The van der Waals surface area contributed by atoms with Crippen molar-refractivity contribution in [3.05, 3.63) is 48.0 Å². The van der Waals surface area contributed by atoms with Gasteiger partial charge in [0.15, 0.2) is 0 Å². The minimum Gasteiger partial charge on any atom is -0.363 e. The Hall–Kier alpha value is -2.47. The molecule has 1 fully saturated rings. The van der Waals surface area contributed by atoms with Crippen molar-refractivity contribution in [2.45, 2.75) is 18.9 Å². The highest BCUT2D eigenvalue weighted by molar-refractivity contribution is 7.14. The normalized spacial score (nSPS) is 15.6. The second-order valence-electron chi connectivity index (χ2n) is 6.09. The molecule has 1 aromatic carbocycles. The first-order chi connectivity index (χ1) is 11.8. The molecule has 4 rings (SSSR count). The molecule has 0 atom stereocenters. The second-order valence-corrected chi connectivity index (χ2v) is 7.02. The van der Waals surface area contributed by atoms with Crippen LogP contribution in [0, 0.1) is 0 Å². The molecule has 5 nitrogen and oxygen atoms in total. The molecule has 0 unspecified atom stereocenters. The molecule has 1 saturated heterocycles. The summed E-state index contributed by atoms with van der Waals surface area (Å²) in [5, 5.41) is 10.6. The number of urea groups is 1. The van der Waals surface area contributed by atoms with Crippen LogP contribution in [-0.2, 0) is 0 Å². The van der Waals surface area contributed by atoms with Crippen LogP contribution in [0.4, 0.5) is 15.5 Å². The highest BCUT2D eigenvalue weighted by atomic mass is 32.1. The van der Waals surface area contributed by atoms with Gasteiger partial charge in [-0.05, 0) is 53.9 Å². The number of thiophene rings is 1. The number of nitrogens with zero attached hydrogens (tertiary/aromatic N) is 1. The maximum atomic E-state index is 12.2. The maximum Gasteiger partial charge on any atom is 0.319 e. The summed E-state index contributed by atoms with van der Waals surface area (Å²) in [6.45, 7) is 1.97. The lowest BCUT2D eigenvalue weighted by Crippen LogP contribution is -2.45. The van der Waals surface area contributed by atoms with Gasteiger partial charge in [0, 0.05) is 36.5 Å². The first-order valence-corrected chi connectivity index (χ1v) is 9.09. The molecule has 0 saturated carbocycles. The Bertz CT molecular complexity index is 819. The highest BCUT2D eigenvalue weighted by Gasteiger charge is 2.21. The zero-order chi connectivity index (χ0) is 16.4. The van der Waals surface area contributed by atoms with Crippen molar-refractivity contribution in [1.29, 1.82) is 0 Å². The number of carbonyl (C=O) groups excluding carboxylic acids is 1. The number of rotatable bonds is 3. The molecular weight excluding hydrogens is 320 g/mol. The van der Waals surface area contributed by atoms with Gasteiger partial charge in [-0.1, -0.05) is 6.07 Å². The number of nitrogens with one attached hydrogen (secondary N) is 3. The molecule has 24 heavy (non-hydrogen) atoms. The van der Waals surface area contributed by atoms with Crippen LogP contribution in [-0.4, -0.2) is 30.1 Å². The quantitative estimate of drug-likeness (QED) is 0.674. The maximum absolute atomic E-state index is 12.2. The van der Waals surface area contributed by atoms with Gasteiger partial charge in [-0.3, -0.25) is 0 Å². The third-order valence-electron chi connectivity index (χ3n) is 4.46. The van der Waals surface area contributed by atoms with Crippen LogP contribution >= 0.6 is 11.3 Å². The molecule has 3 aromatic rings. The van der Waals surface area contributed by atoms with E-state index >= 15 is 0 Å². The van der Waals surface area contributed by atoms with Crippen LogP contribution in [0.2, 0.25) is 0 Å². The number of hydrogen-bond acceptors (Lipinski definition) is 3. The van der Waals surface area contributed by atoms with Gasteiger partial charge in [0.25, 0.3) is 0 Å². The van der Waals surface area contributed by atoms with Gasteiger partial charge < -0.3 is 20.5 Å². The lowest BCUT2D eigenvalue weighted by Gasteiger charge is -2.32. The van der Waals surface area contributed by atoms with E-state index in [2.05, 4.69) is 38.0 Å². The van der Waals surface area contributed by atoms with Crippen molar-refractivity contribution in [1.82, 2.24) is 10.3 Å². The van der Waals surface area contributed by atoms with E-state index in [1.165, 1.54) is 5.00 Å². The van der Waals surface area contributed by atoms with Gasteiger partial charge >= 0.3 is 6.03 Å². The van der Waals surface area contributed by atoms with E-state index in [1.807, 2.05) is 30.5 Å². The molecule has 1 aliphatic rings. The largest absolute Gasteiger partial charge is 0.363 e. The summed E-state index contributed by atoms with van der Waals surface area (Å²) >= 11 is 1.77.